The molecule has 0 aliphatic rings. The lowest BCUT2D eigenvalue weighted by Gasteiger charge is -2.08. The largest absolute Gasteiger partial charge is 0.437 e. The number of carbonyl (C=O) groups is 1. The summed E-state index contributed by atoms with van der Waals surface area (Å²) in [4.78, 5) is 11.9. The number of amides is 1. The highest BCUT2D eigenvalue weighted by atomic mass is 79.9. The minimum absolute atomic E-state index is 0.0781. The Hall–Kier alpha value is -1.36. The first kappa shape index (κ1) is 15.0. The predicted molar refractivity (Wildman–Crippen MR) is 70.3 cm³/mol. The van der Waals surface area contributed by atoms with E-state index in [-0.39, 0.29) is 11.4 Å². The molecule has 6 nitrogen and oxygen atoms in total. The first-order chi connectivity index (χ1) is 9.21. The zero-order chi connectivity index (χ0) is 15.1. The topological polar surface area (TPSA) is 86.5 Å². The van der Waals surface area contributed by atoms with Crippen LogP contribution in [0.25, 0.3) is 0 Å². The van der Waals surface area contributed by atoms with E-state index < -0.39 is 23.5 Å². The van der Waals surface area contributed by atoms with E-state index in [1.54, 1.807) is 0 Å². The second-order valence-electron chi connectivity index (χ2n) is 3.72. The summed E-state index contributed by atoms with van der Waals surface area (Å²) in [5.74, 6) is -0.797. The minimum atomic E-state index is -4.67. The Balaban J connectivity index is 2.34. The van der Waals surface area contributed by atoms with Crippen LogP contribution in [-0.4, -0.2) is 26.3 Å². The van der Waals surface area contributed by atoms with Crippen molar-refractivity contribution in [3.05, 3.63) is 26.2 Å². The lowest BCUT2D eigenvalue weighted by atomic mass is 10.2. The molecular formula is C9H6Br2F3N5O. The van der Waals surface area contributed by atoms with Gasteiger partial charge < -0.3 is 5.32 Å². The Bertz CT molecular complexity index is 663. The van der Waals surface area contributed by atoms with Crippen LogP contribution in [0.1, 0.15) is 21.9 Å². The van der Waals surface area contributed by atoms with Crippen LogP contribution in [0, 0.1) is 6.92 Å². The van der Waals surface area contributed by atoms with Crippen molar-refractivity contribution in [1.29, 1.82) is 0 Å². The summed E-state index contributed by atoms with van der Waals surface area (Å²) in [5, 5.41) is 13.6. The lowest BCUT2D eigenvalue weighted by Crippen LogP contribution is -2.17. The van der Waals surface area contributed by atoms with Crippen LogP contribution in [0.2, 0.25) is 0 Å². The number of carbonyl (C=O) groups excluding carboxylic acids is 1. The molecule has 0 aliphatic heterocycles. The molecule has 2 aromatic heterocycles. The average molecular weight is 417 g/mol. The van der Waals surface area contributed by atoms with Gasteiger partial charge in [-0.25, -0.2) is 0 Å². The molecule has 2 rings (SSSR count). The molecule has 0 bridgehead atoms. The van der Waals surface area contributed by atoms with Crippen LogP contribution in [0.3, 0.4) is 0 Å². The molecule has 0 saturated heterocycles. The highest BCUT2D eigenvalue weighted by Crippen LogP contribution is 2.35. The van der Waals surface area contributed by atoms with Crippen LogP contribution in [0.5, 0.6) is 0 Å². The molecule has 0 fully saturated rings. The number of aromatic amines is 2. The highest BCUT2D eigenvalue weighted by molar-refractivity contribution is 9.13. The quantitative estimate of drug-likeness (QED) is 0.702. The van der Waals surface area contributed by atoms with Gasteiger partial charge in [-0.1, -0.05) is 0 Å². The van der Waals surface area contributed by atoms with Gasteiger partial charge in [-0.15, -0.1) is 0 Å². The zero-order valence-electron chi connectivity index (χ0n) is 9.69. The van der Waals surface area contributed by atoms with E-state index in [2.05, 4.69) is 57.6 Å². The van der Waals surface area contributed by atoms with Gasteiger partial charge in [-0.2, -0.15) is 23.4 Å². The van der Waals surface area contributed by atoms with E-state index in [1.807, 2.05) is 0 Å². The number of hydrogen-bond acceptors (Lipinski definition) is 3. The van der Waals surface area contributed by atoms with Gasteiger partial charge in [-0.05, 0) is 38.8 Å². The van der Waals surface area contributed by atoms with Crippen LogP contribution in [-0.2, 0) is 6.18 Å². The molecule has 3 N–H and O–H groups in total. The molecule has 108 valence electrons. The standard InChI is InChI=1S/C9H6Br2F3N5O/c1-2-4(6(18-16-2)9(12,13)14)15-8(20)5-3(10)7(11)19-17-5/h1H3,(H,15,20)(H,16,18)(H,17,19). The summed E-state index contributed by atoms with van der Waals surface area (Å²) >= 11 is 6.16. The fraction of sp³-hybridized carbons (Fsp3) is 0.222. The number of anilines is 1. The first-order valence-corrected chi connectivity index (χ1v) is 6.63. The summed E-state index contributed by atoms with van der Waals surface area (Å²) in [6.45, 7) is 1.37. The maximum atomic E-state index is 12.7. The second kappa shape index (κ2) is 5.20. The van der Waals surface area contributed by atoms with E-state index in [0.717, 1.165) is 0 Å². The molecule has 1 amide bonds. The number of nitrogens with zero attached hydrogens (tertiary/aromatic N) is 2. The average Bonchev–Trinajstić information content (AvgIpc) is 2.85. The molecular weight excluding hydrogens is 411 g/mol. The van der Waals surface area contributed by atoms with Gasteiger partial charge in [0.15, 0.2) is 11.4 Å². The van der Waals surface area contributed by atoms with Crippen molar-refractivity contribution in [2.24, 2.45) is 0 Å². The summed E-state index contributed by atoms with van der Waals surface area (Å²) < 4.78 is 38.9. The third-order valence-corrected chi connectivity index (χ3v) is 4.21. The Morgan fingerprint density at radius 1 is 1.25 bits per heavy atom. The van der Waals surface area contributed by atoms with Gasteiger partial charge in [0.1, 0.15) is 4.60 Å². The molecule has 0 unspecified atom stereocenters. The van der Waals surface area contributed by atoms with Crippen LogP contribution in [0.4, 0.5) is 18.9 Å². The molecule has 0 saturated carbocycles. The van der Waals surface area contributed by atoms with Gasteiger partial charge in [0.25, 0.3) is 5.91 Å². The molecule has 2 aromatic rings. The fourth-order valence-corrected chi connectivity index (χ4v) is 2.05. The molecule has 0 aromatic carbocycles. The predicted octanol–water partition coefficient (Wildman–Crippen LogP) is 3.24. The van der Waals surface area contributed by atoms with E-state index in [4.69, 9.17) is 0 Å². The highest BCUT2D eigenvalue weighted by Gasteiger charge is 2.38. The van der Waals surface area contributed by atoms with Gasteiger partial charge in [0.2, 0.25) is 0 Å². The fourth-order valence-electron chi connectivity index (χ4n) is 1.42. The maximum Gasteiger partial charge on any atom is 0.437 e. The Kier molecular flexibility index (Phi) is 3.91. The van der Waals surface area contributed by atoms with Crippen molar-refractivity contribution in [3.63, 3.8) is 0 Å². The number of H-pyrrole nitrogens is 2. The van der Waals surface area contributed by atoms with Crippen LogP contribution < -0.4 is 5.32 Å². The van der Waals surface area contributed by atoms with Gasteiger partial charge >= 0.3 is 6.18 Å². The number of alkyl halides is 3. The summed E-state index contributed by atoms with van der Waals surface area (Å²) in [6.07, 6.45) is -4.67. The Morgan fingerprint density at radius 3 is 2.40 bits per heavy atom. The van der Waals surface area contributed by atoms with Gasteiger partial charge in [0.05, 0.1) is 15.9 Å². The molecule has 0 aliphatic carbocycles. The Labute approximate surface area is 126 Å². The number of rotatable bonds is 2. The molecule has 0 atom stereocenters. The summed E-state index contributed by atoms with van der Waals surface area (Å²) in [6, 6.07) is 0. The number of hydrogen-bond donors (Lipinski definition) is 3. The van der Waals surface area contributed by atoms with E-state index in [1.165, 1.54) is 6.92 Å². The third-order valence-electron chi connectivity index (χ3n) is 2.34. The van der Waals surface area contributed by atoms with Gasteiger partial charge in [-0.3, -0.25) is 15.0 Å². The normalized spacial score (nSPS) is 11.7. The molecule has 20 heavy (non-hydrogen) atoms. The molecule has 2 heterocycles. The number of aryl methyl sites for hydroxylation is 1. The molecule has 0 spiro atoms. The molecule has 0 radical (unpaired) electrons. The summed E-state index contributed by atoms with van der Waals surface area (Å²) in [7, 11) is 0. The maximum absolute atomic E-state index is 12.7. The van der Waals surface area contributed by atoms with Crippen molar-refractivity contribution in [2.75, 3.05) is 5.32 Å². The minimum Gasteiger partial charge on any atom is -0.317 e. The first-order valence-electron chi connectivity index (χ1n) is 5.04. The monoisotopic (exact) mass is 415 g/mol. The SMILES string of the molecule is Cc1[nH]nc(C(F)(F)F)c1NC(=O)c1n[nH]c(Br)c1Br. The van der Waals surface area contributed by atoms with E-state index >= 15 is 0 Å². The van der Waals surface area contributed by atoms with Crippen LogP contribution in [0.15, 0.2) is 9.08 Å². The number of aromatic nitrogens is 4. The van der Waals surface area contributed by atoms with Crippen molar-refractivity contribution < 1.29 is 18.0 Å². The van der Waals surface area contributed by atoms with E-state index in [0.29, 0.717) is 9.08 Å². The zero-order valence-corrected chi connectivity index (χ0v) is 12.9. The van der Waals surface area contributed by atoms with Crippen molar-refractivity contribution in [1.82, 2.24) is 20.4 Å². The Morgan fingerprint density at radius 2 is 1.90 bits per heavy atom. The lowest BCUT2D eigenvalue weighted by molar-refractivity contribution is -0.140. The van der Waals surface area contributed by atoms with Crippen LogP contribution >= 0.6 is 31.9 Å². The van der Waals surface area contributed by atoms with Crippen molar-refractivity contribution in [3.8, 4) is 0 Å². The smallest absolute Gasteiger partial charge is 0.317 e. The van der Waals surface area contributed by atoms with E-state index in [9.17, 15) is 18.0 Å². The molecule has 11 heteroatoms. The van der Waals surface area contributed by atoms with Crippen molar-refractivity contribution in [2.45, 2.75) is 13.1 Å². The third kappa shape index (κ3) is 2.73. The summed E-state index contributed by atoms with van der Waals surface area (Å²) in [5.41, 5.74) is -1.59. The van der Waals surface area contributed by atoms with Crippen molar-refractivity contribution >= 4 is 43.5 Å². The second-order valence-corrected chi connectivity index (χ2v) is 5.31. The van der Waals surface area contributed by atoms with Gasteiger partial charge in [0, 0.05) is 0 Å². The number of halogens is 5. The number of nitrogens with one attached hydrogen (secondary N) is 3.